The first-order chi connectivity index (χ1) is 12.2. The Kier molecular flexibility index (Phi) is 4.01. The molecule has 5 heteroatoms. The summed E-state index contributed by atoms with van der Waals surface area (Å²) in [6, 6.07) is 13.7. The van der Waals surface area contributed by atoms with Crippen LogP contribution in [0.4, 0.5) is 5.13 Å². The van der Waals surface area contributed by atoms with Crippen LogP contribution in [-0.2, 0) is 12.8 Å². The normalized spacial score (nSPS) is 12.2. The summed E-state index contributed by atoms with van der Waals surface area (Å²) in [6.45, 7) is 1.93. The highest BCUT2D eigenvalue weighted by Crippen LogP contribution is 2.39. The average Bonchev–Trinajstić information content (AvgIpc) is 3.04. The molecule has 0 aliphatic heterocycles. The van der Waals surface area contributed by atoms with Gasteiger partial charge in [0.15, 0.2) is 5.13 Å². The number of benzene rings is 2. The van der Waals surface area contributed by atoms with Crippen LogP contribution in [0.5, 0.6) is 5.75 Å². The lowest BCUT2D eigenvalue weighted by atomic mass is 9.93. The summed E-state index contributed by atoms with van der Waals surface area (Å²) in [5.74, 6) is 0.708. The monoisotopic (exact) mass is 350 g/mol. The molecule has 1 aromatic heterocycles. The fourth-order valence-corrected chi connectivity index (χ4v) is 4.12. The Morgan fingerprint density at radius 3 is 2.84 bits per heavy atom. The summed E-state index contributed by atoms with van der Waals surface area (Å²) in [4.78, 5) is 18.4. The maximum atomic E-state index is 12.5. The summed E-state index contributed by atoms with van der Waals surface area (Å²) in [7, 11) is 1.67. The van der Waals surface area contributed by atoms with Crippen LogP contribution in [0, 0.1) is 6.92 Å². The van der Waals surface area contributed by atoms with E-state index in [1.807, 2.05) is 43.3 Å². The van der Waals surface area contributed by atoms with Gasteiger partial charge in [0.05, 0.1) is 12.8 Å². The number of carbonyl (C=O) groups excluding carboxylic acids is 1. The Labute approximate surface area is 150 Å². The van der Waals surface area contributed by atoms with E-state index >= 15 is 0 Å². The third kappa shape index (κ3) is 2.91. The van der Waals surface area contributed by atoms with Crippen molar-refractivity contribution in [3.8, 4) is 17.0 Å². The van der Waals surface area contributed by atoms with E-state index in [4.69, 9.17) is 9.72 Å². The zero-order valence-corrected chi connectivity index (χ0v) is 14.9. The van der Waals surface area contributed by atoms with Crippen LogP contribution >= 0.6 is 11.3 Å². The number of rotatable bonds is 3. The number of carbonyl (C=O) groups is 1. The van der Waals surface area contributed by atoms with Gasteiger partial charge in [-0.05, 0) is 49.1 Å². The highest BCUT2D eigenvalue weighted by atomic mass is 32.1. The molecule has 0 bridgehead atoms. The van der Waals surface area contributed by atoms with E-state index in [9.17, 15) is 4.79 Å². The van der Waals surface area contributed by atoms with E-state index in [1.54, 1.807) is 18.4 Å². The maximum absolute atomic E-state index is 12.5. The Morgan fingerprint density at radius 2 is 2.04 bits per heavy atom. The van der Waals surface area contributed by atoms with Gasteiger partial charge < -0.3 is 4.74 Å². The largest absolute Gasteiger partial charge is 0.497 e. The van der Waals surface area contributed by atoms with Gasteiger partial charge in [-0.1, -0.05) is 24.3 Å². The molecule has 4 rings (SSSR count). The quantitative estimate of drug-likeness (QED) is 0.758. The third-order valence-electron chi connectivity index (χ3n) is 4.50. The molecule has 0 radical (unpaired) electrons. The molecule has 4 nitrogen and oxygen atoms in total. The molecule has 1 amide bonds. The Balaban J connectivity index is 1.66. The molecule has 0 saturated carbocycles. The van der Waals surface area contributed by atoms with Gasteiger partial charge in [0.2, 0.25) is 0 Å². The van der Waals surface area contributed by atoms with Crippen molar-refractivity contribution in [2.24, 2.45) is 0 Å². The minimum atomic E-state index is -0.116. The summed E-state index contributed by atoms with van der Waals surface area (Å²) < 4.78 is 5.34. The van der Waals surface area contributed by atoms with E-state index < -0.39 is 0 Å². The predicted molar refractivity (Wildman–Crippen MR) is 101 cm³/mol. The fraction of sp³-hybridized carbons (Fsp3) is 0.200. The minimum absolute atomic E-state index is 0.116. The molecule has 1 aliphatic rings. The van der Waals surface area contributed by atoms with Gasteiger partial charge in [-0.25, -0.2) is 4.98 Å². The average molecular weight is 350 g/mol. The number of aromatic nitrogens is 1. The Bertz CT molecular complexity index is 962. The standard InChI is InChI=1S/C20H18N2O2S/c1-12-5-3-4-6-15(12)19(23)22-20-21-18-16-11-14(24-2)9-7-13(16)8-10-17(18)25-20/h3-7,9,11H,8,10H2,1-2H3,(H,21,22,23). The maximum Gasteiger partial charge on any atom is 0.257 e. The van der Waals surface area contributed by atoms with Gasteiger partial charge in [-0.15, -0.1) is 11.3 Å². The van der Waals surface area contributed by atoms with E-state index in [1.165, 1.54) is 10.4 Å². The number of thiazole rings is 1. The van der Waals surface area contributed by atoms with Crippen molar-refractivity contribution in [2.45, 2.75) is 19.8 Å². The first-order valence-electron chi connectivity index (χ1n) is 8.19. The lowest BCUT2D eigenvalue weighted by Gasteiger charge is -2.15. The lowest BCUT2D eigenvalue weighted by molar-refractivity contribution is 0.102. The SMILES string of the molecule is COc1ccc2c(c1)-c1nc(NC(=O)c3ccccc3C)sc1CC2. The topological polar surface area (TPSA) is 51.2 Å². The first-order valence-corrected chi connectivity index (χ1v) is 9.01. The molecule has 1 heterocycles. The van der Waals surface area contributed by atoms with E-state index in [0.717, 1.165) is 35.4 Å². The lowest BCUT2D eigenvalue weighted by Crippen LogP contribution is -2.13. The van der Waals surface area contributed by atoms with Gasteiger partial charge in [-0.3, -0.25) is 10.1 Å². The molecule has 25 heavy (non-hydrogen) atoms. The summed E-state index contributed by atoms with van der Waals surface area (Å²) in [5, 5.41) is 3.60. The smallest absolute Gasteiger partial charge is 0.257 e. The second-order valence-corrected chi connectivity index (χ2v) is 7.17. The number of nitrogens with one attached hydrogen (secondary N) is 1. The molecule has 2 aromatic carbocycles. The molecule has 1 N–H and O–H groups in total. The molecular weight excluding hydrogens is 332 g/mol. The summed E-state index contributed by atoms with van der Waals surface area (Å²) >= 11 is 1.56. The number of anilines is 1. The van der Waals surface area contributed by atoms with Gasteiger partial charge >= 0.3 is 0 Å². The van der Waals surface area contributed by atoms with Crippen molar-refractivity contribution in [1.29, 1.82) is 0 Å². The molecule has 0 unspecified atom stereocenters. The summed E-state index contributed by atoms with van der Waals surface area (Å²) in [5.41, 5.74) is 4.97. The Morgan fingerprint density at radius 1 is 1.20 bits per heavy atom. The number of hydrogen-bond acceptors (Lipinski definition) is 4. The van der Waals surface area contributed by atoms with Crippen molar-refractivity contribution in [1.82, 2.24) is 4.98 Å². The van der Waals surface area contributed by atoms with Gasteiger partial charge in [0.25, 0.3) is 5.91 Å². The van der Waals surface area contributed by atoms with E-state index in [-0.39, 0.29) is 5.91 Å². The van der Waals surface area contributed by atoms with Gasteiger partial charge in [0, 0.05) is 16.0 Å². The number of amides is 1. The fourth-order valence-electron chi connectivity index (χ4n) is 3.15. The Hall–Kier alpha value is -2.66. The highest BCUT2D eigenvalue weighted by Gasteiger charge is 2.22. The van der Waals surface area contributed by atoms with Crippen molar-refractivity contribution in [2.75, 3.05) is 12.4 Å². The molecular formula is C20H18N2O2S. The number of hydrogen-bond donors (Lipinski definition) is 1. The van der Waals surface area contributed by atoms with Crippen LogP contribution in [0.2, 0.25) is 0 Å². The van der Waals surface area contributed by atoms with Crippen LogP contribution in [-0.4, -0.2) is 18.0 Å². The zero-order valence-electron chi connectivity index (χ0n) is 14.1. The number of aryl methyl sites for hydroxylation is 3. The molecule has 3 aromatic rings. The highest BCUT2D eigenvalue weighted by molar-refractivity contribution is 7.16. The number of fused-ring (bicyclic) bond motifs is 3. The molecule has 0 fully saturated rings. The second kappa shape index (κ2) is 6.33. The van der Waals surface area contributed by atoms with Gasteiger partial charge in [0.1, 0.15) is 5.75 Å². The molecule has 126 valence electrons. The molecule has 0 spiro atoms. The molecule has 1 aliphatic carbocycles. The minimum Gasteiger partial charge on any atom is -0.497 e. The van der Waals surface area contributed by atoms with Crippen molar-refractivity contribution in [3.63, 3.8) is 0 Å². The van der Waals surface area contributed by atoms with E-state index in [0.29, 0.717) is 10.7 Å². The predicted octanol–water partition coefficient (Wildman–Crippen LogP) is 4.48. The summed E-state index contributed by atoms with van der Waals surface area (Å²) in [6.07, 6.45) is 1.94. The molecule has 0 saturated heterocycles. The van der Waals surface area contributed by atoms with E-state index in [2.05, 4.69) is 11.4 Å². The van der Waals surface area contributed by atoms with Crippen molar-refractivity contribution >= 4 is 22.4 Å². The third-order valence-corrected chi connectivity index (χ3v) is 5.53. The van der Waals surface area contributed by atoms with Crippen molar-refractivity contribution < 1.29 is 9.53 Å². The first kappa shape index (κ1) is 15.8. The number of ether oxygens (including phenoxy) is 1. The van der Waals surface area contributed by atoms with Crippen LogP contribution in [0.3, 0.4) is 0 Å². The van der Waals surface area contributed by atoms with Crippen LogP contribution in [0.25, 0.3) is 11.3 Å². The van der Waals surface area contributed by atoms with Crippen LogP contribution in [0.1, 0.15) is 26.4 Å². The van der Waals surface area contributed by atoms with Crippen molar-refractivity contribution in [3.05, 3.63) is 64.0 Å². The van der Waals surface area contributed by atoms with Crippen LogP contribution < -0.4 is 10.1 Å². The molecule has 0 atom stereocenters. The zero-order chi connectivity index (χ0) is 17.4. The second-order valence-electron chi connectivity index (χ2n) is 6.08. The van der Waals surface area contributed by atoms with Crippen LogP contribution in [0.15, 0.2) is 42.5 Å². The number of methoxy groups -OCH3 is 1. The number of nitrogens with zero attached hydrogens (tertiary/aromatic N) is 1. The van der Waals surface area contributed by atoms with Gasteiger partial charge in [-0.2, -0.15) is 0 Å².